The number of benzene rings is 1. The van der Waals surface area contributed by atoms with E-state index in [2.05, 4.69) is 16.0 Å². The van der Waals surface area contributed by atoms with Crippen LogP contribution in [0.2, 0.25) is 0 Å². The van der Waals surface area contributed by atoms with Gasteiger partial charge in [0.25, 0.3) is 0 Å². The zero-order chi connectivity index (χ0) is 21.8. The molecule has 0 spiro atoms. The van der Waals surface area contributed by atoms with Gasteiger partial charge in [-0.3, -0.25) is 4.79 Å². The molecule has 1 aliphatic heterocycles. The molecule has 164 valence electrons. The Bertz CT molecular complexity index is 1000. The maximum atomic E-state index is 12.7. The van der Waals surface area contributed by atoms with Crippen LogP contribution < -0.4 is 4.90 Å². The lowest BCUT2D eigenvalue weighted by molar-refractivity contribution is -0.137. The lowest BCUT2D eigenvalue weighted by Crippen LogP contribution is -2.35. The van der Waals surface area contributed by atoms with E-state index in [-0.39, 0.29) is 5.91 Å². The van der Waals surface area contributed by atoms with E-state index in [9.17, 15) is 18.0 Å². The predicted octanol–water partition coefficient (Wildman–Crippen LogP) is 4.77. The van der Waals surface area contributed by atoms with Crippen molar-refractivity contribution in [2.24, 2.45) is 0 Å². The number of carbonyl (C=O) groups excluding carboxylic acids is 1. The van der Waals surface area contributed by atoms with Gasteiger partial charge in [-0.15, -0.1) is 11.3 Å². The summed E-state index contributed by atoms with van der Waals surface area (Å²) in [6.45, 7) is 2.41. The number of amides is 1. The summed E-state index contributed by atoms with van der Waals surface area (Å²) in [7, 11) is 0. The van der Waals surface area contributed by atoms with Crippen molar-refractivity contribution in [3.8, 4) is 0 Å². The summed E-state index contributed by atoms with van der Waals surface area (Å²) in [5.41, 5.74) is 0.245. The average molecular weight is 449 g/mol. The first-order chi connectivity index (χ1) is 14.9. The lowest BCUT2D eigenvalue weighted by Gasteiger charge is -2.23. The number of alkyl halides is 3. The van der Waals surface area contributed by atoms with E-state index in [1.54, 1.807) is 11.3 Å². The maximum absolute atomic E-state index is 12.7. The quantitative estimate of drug-likeness (QED) is 0.564. The first kappa shape index (κ1) is 21.5. The van der Waals surface area contributed by atoms with E-state index in [1.165, 1.54) is 6.07 Å². The summed E-state index contributed by atoms with van der Waals surface area (Å²) in [6.07, 6.45) is -0.773. The SMILES string of the molecule is O=C(CCCc1nc2ccccc2s1)N1CCCN(c2ccc(C(F)(F)F)cn2)CC1. The molecule has 1 aromatic carbocycles. The number of nitrogens with zero attached hydrogens (tertiary/aromatic N) is 4. The van der Waals surface area contributed by atoms with Crippen molar-refractivity contribution in [3.63, 3.8) is 0 Å². The van der Waals surface area contributed by atoms with Gasteiger partial charge in [-0.05, 0) is 43.5 Å². The van der Waals surface area contributed by atoms with Crippen molar-refractivity contribution in [1.82, 2.24) is 14.9 Å². The first-order valence-electron chi connectivity index (χ1n) is 10.3. The number of thiazole rings is 1. The molecule has 4 rings (SSSR count). The summed E-state index contributed by atoms with van der Waals surface area (Å²) < 4.78 is 39.4. The third-order valence-corrected chi connectivity index (χ3v) is 6.46. The highest BCUT2D eigenvalue weighted by Gasteiger charge is 2.31. The van der Waals surface area contributed by atoms with Crippen LogP contribution in [0.4, 0.5) is 19.0 Å². The van der Waals surface area contributed by atoms with Gasteiger partial charge in [0, 0.05) is 38.8 Å². The van der Waals surface area contributed by atoms with Crippen LogP contribution >= 0.6 is 11.3 Å². The van der Waals surface area contributed by atoms with Crippen molar-refractivity contribution in [3.05, 3.63) is 53.2 Å². The van der Waals surface area contributed by atoms with Crippen molar-refractivity contribution in [1.29, 1.82) is 0 Å². The molecule has 1 fully saturated rings. The molecule has 0 bridgehead atoms. The van der Waals surface area contributed by atoms with E-state index < -0.39 is 11.7 Å². The van der Waals surface area contributed by atoms with Crippen LogP contribution in [-0.4, -0.2) is 47.0 Å². The Labute approximate surface area is 182 Å². The minimum Gasteiger partial charge on any atom is -0.355 e. The van der Waals surface area contributed by atoms with E-state index in [0.717, 1.165) is 46.7 Å². The summed E-state index contributed by atoms with van der Waals surface area (Å²) in [5.74, 6) is 0.626. The fourth-order valence-electron chi connectivity index (χ4n) is 3.71. The Kier molecular flexibility index (Phi) is 6.41. The van der Waals surface area contributed by atoms with Crippen LogP contribution in [0.3, 0.4) is 0 Å². The second-order valence-electron chi connectivity index (χ2n) is 7.55. The Hall–Kier alpha value is -2.68. The molecule has 0 unspecified atom stereocenters. The van der Waals surface area contributed by atoms with Gasteiger partial charge < -0.3 is 9.80 Å². The van der Waals surface area contributed by atoms with Gasteiger partial charge in [-0.2, -0.15) is 13.2 Å². The molecule has 0 saturated carbocycles. The molecule has 5 nitrogen and oxygen atoms in total. The van der Waals surface area contributed by atoms with E-state index >= 15 is 0 Å². The average Bonchev–Trinajstić information content (AvgIpc) is 3.00. The molecule has 0 aliphatic carbocycles. The molecular formula is C22H23F3N4OS. The number of fused-ring (bicyclic) bond motifs is 1. The van der Waals surface area contributed by atoms with Gasteiger partial charge in [0.2, 0.25) is 5.91 Å². The second kappa shape index (κ2) is 9.21. The van der Waals surface area contributed by atoms with Crippen molar-refractivity contribution in [2.45, 2.75) is 31.9 Å². The smallest absolute Gasteiger partial charge is 0.355 e. The number of anilines is 1. The topological polar surface area (TPSA) is 49.3 Å². The predicted molar refractivity (Wildman–Crippen MR) is 115 cm³/mol. The highest BCUT2D eigenvalue weighted by atomic mass is 32.1. The lowest BCUT2D eigenvalue weighted by atomic mass is 10.2. The Balaban J connectivity index is 1.27. The number of hydrogen-bond donors (Lipinski definition) is 0. The maximum Gasteiger partial charge on any atom is 0.417 e. The molecule has 3 heterocycles. The molecule has 1 amide bonds. The first-order valence-corrected chi connectivity index (χ1v) is 11.1. The van der Waals surface area contributed by atoms with Gasteiger partial charge in [-0.1, -0.05) is 12.1 Å². The van der Waals surface area contributed by atoms with Crippen LogP contribution in [0, 0.1) is 0 Å². The highest BCUT2D eigenvalue weighted by Crippen LogP contribution is 2.29. The van der Waals surface area contributed by atoms with E-state index in [0.29, 0.717) is 38.4 Å². The fourth-order valence-corrected chi connectivity index (χ4v) is 4.72. The molecule has 0 atom stereocenters. The van der Waals surface area contributed by atoms with Gasteiger partial charge in [0.15, 0.2) is 0 Å². The van der Waals surface area contributed by atoms with Gasteiger partial charge in [0.1, 0.15) is 5.82 Å². The molecular weight excluding hydrogens is 425 g/mol. The number of hydrogen-bond acceptors (Lipinski definition) is 5. The summed E-state index contributed by atoms with van der Waals surface area (Å²) >= 11 is 1.67. The van der Waals surface area contributed by atoms with Gasteiger partial charge >= 0.3 is 6.18 Å². The Morgan fingerprint density at radius 2 is 1.90 bits per heavy atom. The van der Waals surface area contributed by atoms with E-state index in [1.807, 2.05) is 28.0 Å². The van der Waals surface area contributed by atoms with Crippen LogP contribution in [0.5, 0.6) is 0 Å². The zero-order valence-electron chi connectivity index (χ0n) is 16.9. The molecule has 0 radical (unpaired) electrons. The molecule has 31 heavy (non-hydrogen) atoms. The van der Waals surface area contributed by atoms with Gasteiger partial charge in [0.05, 0.1) is 20.8 Å². The number of halogens is 3. The molecule has 0 N–H and O–H groups in total. The highest BCUT2D eigenvalue weighted by molar-refractivity contribution is 7.18. The van der Waals surface area contributed by atoms with Crippen molar-refractivity contribution < 1.29 is 18.0 Å². The summed E-state index contributed by atoms with van der Waals surface area (Å²) in [4.78, 5) is 25.0. The van der Waals surface area contributed by atoms with E-state index in [4.69, 9.17) is 0 Å². The number of carbonyl (C=O) groups is 1. The normalized spacial score (nSPS) is 15.3. The minimum atomic E-state index is -4.39. The monoisotopic (exact) mass is 448 g/mol. The molecule has 3 aromatic rings. The molecule has 1 saturated heterocycles. The van der Waals surface area contributed by atoms with Crippen LogP contribution in [0.15, 0.2) is 42.6 Å². The van der Waals surface area contributed by atoms with Crippen LogP contribution in [0.25, 0.3) is 10.2 Å². The van der Waals surface area contributed by atoms with Crippen LogP contribution in [0.1, 0.15) is 29.8 Å². The zero-order valence-corrected chi connectivity index (χ0v) is 17.8. The summed E-state index contributed by atoms with van der Waals surface area (Å²) in [5, 5.41) is 1.05. The standard InChI is InChI=1S/C22H23F3N4OS/c23-22(24,25)16-9-10-19(26-15-16)28-11-4-12-29(14-13-28)21(30)8-3-7-20-27-17-5-1-2-6-18(17)31-20/h1-2,5-6,9-10,15H,3-4,7-8,11-14H2. The largest absolute Gasteiger partial charge is 0.417 e. The summed E-state index contributed by atoms with van der Waals surface area (Å²) in [6, 6.07) is 10.5. The molecule has 9 heteroatoms. The Morgan fingerprint density at radius 1 is 1.06 bits per heavy atom. The van der Waals surface area contributed by atoms with Crippen molar-refractivity contribution in [2.75, 3.05) is 31.1 Å². The fraction of sp³-hybridized carbons (Fsp3) is 0.409. The van der Waals surface area contributed by atoms with Gasteiger partial charge in [-0.25, -0.2) is 9.97 Å². The molecule has 1 aliphatic rings. The van der Waals surface area contributed by atoms with Crippen LogP contribution in [-0.2, 0) is 17.4 Å². The number of rotatable bonds is 5. The molecule has 2 aromatic heterocycles. The number of pyridine rings is 1. The minimum absolute atomic E-state index is 0.114. The number of aryl methyl sites for hydroxylation is 1. The second-order valence-corrected chi connectivity index (χ2v) is 8.67. The van der Waals surface area contributed by atoms with Crippen molar-refractivity contribution >= 4 is 33.3 Å². The third-order valence-electron chi connectivity index (χ3n) is 5.37. The Morgan fingerprint density at radius 3 is 2.65 bits per heavy atom. The number of aromatic nitrogens is 2. The number of para-hydroxylation sites is 1. The third kappa shape index (κ3) is 5.33.